The molecular weight excluding hydrogens is 410 g/mol. The maximum Gasteiger partial charge on any atom is 0.283 e. The molecule has 2 N–H and O–H groups in total. The van der Waals surface area contributed by atoms with Gasteiger partial charge >= 0.3 is 0 Å². The molecule has 0 radical (unpaired) electrons. The lowest BCUT2D eigenvalue weighted by Crippen LogP contribution is -2.25. The number of nitro groups is 1. The van der Waals surface area contributed by atoms with Crippen LogP contribution in [-0.2, 0) is 14.8 Å². The Hall–Kier alpha value is -2.53. The van der Waals surface area contributed by atoms with E-state index in [-0.39, 0.29) is 27.7 Å². The molecular formula is C17H18ClN3O6S. The number of carbonyl (C=O) groups is 1. The van der Waals surface area contributed by atoms with Crippen molar-refractivity contribution < 1.29 is 22.9 Å². The fourth-order valence-electron chi connectivity index (χ4n) is 2.27. The summed E-state index contributed by atoms with van der Waals surface area (Å²) in [4.78, 5) is 22.8. The Morgan fingerprint density at radius 3 is 2.50 bits per heavy atom. The van der Waals surface area contributed by atoms with Crippen LogP contribution < -0.4 is 10.0 Å². The van der Waals surface area contributed by atoms with Crippen LogP contribution in [0.3, 0.4) is 0 Å². The van der Waals surface area contributed by atoms with Crippen LogP contribution in [0.15, 0.2) is 47.4 Å². The molecule has 0 saturated carbocycles. The lowest BCUT2D eigenvalue weighted by molar-refractivity contribution is -0.385. The van der Waals surface area contributed by atoms with Gasteiger partial charge in [0.05, 0.1) is 9.82 Å². The first-order chi connectivity index (χ1) is 13.2. The van der Waals surface area contributed by atoms with Crippen LogP contribution in [0, 0.1) is 10.1 Å². The molecule has 2 aromatic rings. The summed E-state index contributed by atoms with van der Waals surface area (Å²) in [5, 5.41) is 13.7. The van der Waals surface area contributed by atoms with Gasteiger partial charge in [0, 0.05) is 37.0 Å². The topological polar surface area (TPSA) is 128 Å². The van der Waals surface area contributed by atoms with Gasteiger partial charge in [0.2, 0.25) is 10.0 Å². The minimum absolute atomic E-state index is 0.0281. The van der Waals surface area contributed by atoms with E-state index in [2.05, 4.69) is 10.0 Å². The van der Waals surface area contributed by atoms with E-state index in [0.29, 0.717) is 13.0 Å². The number of nitro benzene ring substituents is 1. The fourth-order valence-corrected chi connectivity index (χ4v) is 3.51. The molecule has 0 atom stereocenters. The molecule has 2 aromatic carbocycles. The van der Waals surface area contributed by atoms with Crippen molar-refractivity contribution in [3.8, 4) is 0 Å². The average Bonchev–Trinajstić information content (AvgIpc) is 2.65. The highest BCUT2D eigenvalue weighted by Gasteiger charge is 2.21. The molecule has 0 fully saturated rings. The third-order valence-electron chi connectivity index (χ3n) is 3.64. The van der Waals surface area contributed by atoms with Crippen molar-refractivity contribution in [2.75, 3.05) is 25.6 Å². The van der Waals surface area contributed by atoms with Gasteiger partial charge in [-0.3, -0.25) is 14.9 Å². The summed E-state index contributed by atoms with van der Waals surface area (Å²) in [6, 6.07) is 9.14. The minimum Gasteiger partial charge on any atom is -0.385 e. The van der Waals surface area contributed by atoms with Crippen molar-refractivity contribution in [1.29, 1.82) is 0 Å². The summed E-state index contributed by atoms with van der Waals surface area (Å²) < 4.78 is 31.6. The highest BCUT2D eigenvalue weighted by molar-refractivity contribution is 7.89. The smallest absolute Gasteiger partial charge is 0.283 e. The zero-order valence-corrected chi connectivity index (χ0v) is 16.4. The van der Waals surface area contributed by atoms with Gasteiger partial charge < -0.3 is 10.1 Å². The Kier molecular flexibility index (Phi) is 7.46. The second-order valence-electron chi connectivity index (χ2n) is 5.64. The summed E-state index contributed by atoms with van der Waals surface area (Å²) in [6.45, 7) is 0.666. The molecule has 2 rings (SSSR count). The van der Waals surface area contributed by atoms with Crippen LogP contribution in [0.5, 0.6) is 0 Å². The fraction of sp³-hybridized carbons (Fsp3) is 0.235. The maximum atomic E-state index is 12.3. The molecule has 0 unspecified atom stereocenters. The number of carbonyl (C=O) groups excluding carboxylic acids is 1. The largest absolute Gasteiger partial charge is 0.385 e. The summed E-state index contributed by atoms with van der Waals surface area (Å²) >= 11 is 5.73. The van der Waals surface area contributed by atoms with Crippen LogP contribution in [-0.4, -0.2) is 39.5 Å². The van der Waals surface area contributed by atoms with E-state index in [4.69, 9.17) is 16.3 Å². The molecule has 9 nitrogen and oxygen atoms in total. The summed E-state index contributed by atoms with van der Waals surface area (Å²) in [5.74, 6) is -0.711. The quantitative estimate of drug-likeness (QED) is 0.360. The number of halogens is 1. The van der Waals surface area contributed by atoms with Gasteiger partial charge in [0.1, 0.15) is 5.56 Å². The molecule has 0 bridgehead atoms. The number of hydrogen-bond donors (Lipinski definition) is 2. The SMILES string of the molecule is COCCCNS(=O)(=O)c1ccc(NC(=O)c2ccc(Cl)cc2[N+](=O)[O-])cc1. The maximum absolute atomic E-state index is 12.3. The van der Waals surface area contributed by atoms with E-state index < -0.39 is 26.5 Å². The third-order valence-corrected chi connectivity index (χ3v) is 5.35. The first-order valence-electron chi connectivity index (χ1n) is 8.08. The lowest BCUT2D eigenvalue weighted by atomic mass is 10.1. The van der Waals surface area contributed by atoms with Crippen molar-refractivity contribution in [2.24, 2.45) is 0 Å². The molecule has 0 aliphatic carbocycles. The lowest BCUT2D eigenvalue weighted by Gasteiger charge is -2.09. The molecule has 0 aliphatic heterocycles. The number of amides is 1. The van der Waals surface area contributed by atoms with Crippen molar-refractivity contribution in [3.63, 3.8) is 0 Å². The summed E-state index contributed by atoms with van der Waals surface area (Å²) in [6.07, 6.45) is 0.531. The van der Waals surface area contributed by atoms with Gasteiger partial charge in [-0.15, -0.1) is 0 Å². The van der Waals surface area contributed by atoms with E-state index in [1.807, 2.05) is 0 Å². The molecule has 28 heavy (non-hydrogen) atoms. The number of ether oxygens (including phenoxy) is 1. The number of rotatable bonds is 9. The third kappa shape index (κ3) is 5.73. The van der Waals surface area contributed by atoms with Gasteiger partial charge in [-0.25, -0.2) is 13.1 Å². The van der Waals surface area contributed by atoms with Crippen molar-refractivity contribution in [3.05, 3.63) is 63.2 Å². The Bertz CT molecular complexity index is 963. The first kappa shape index (κ1) is 21.8. The number of benzene rings is 2. The molecule has 0 spiro atoms. The van der Waals surface area contributed by atoms with Crippen molar-refractivity contribution in [1.82, 2.24) is 4.72 Å². The number of anilines is 1. The average molecular weight is 428 g/mol. The molecule has 1 amide bonds. The summed E-state index contributed by atoms with van der Waals surface area (Å²) in [5.41, 5.74) is -0.303. The van der Waals surface area contributed by atoms with E-state index in [1.165, 1.54) is 43.5 Å². The highest BCUT2D eigenvalue weighted by atomic mass is 35.5. The Balaban J connectivity index is 2.10. The number of sulfonamides is 1. The van der Waals surface area contributed by atoms with E-state index >= 15 is 0 Å². The monoisotopic (exact) mass is 427 g/mol. The number of methoxy groups -OCH3 is 1. The molecule has 0 aromatic heterocycles. The molecule has 0 aliphatic rings. The van der Waals surface area contributed by atoms with Gasteiger partial charge in [-0.2, -0.15) is 0 Å². The Morgan fingerprint density at radius 1 is 1.21 bits per heavy atom. The zero-order chi connectivity index (χ0) is 20.7. The Morgan fingerprint density at radius 2 is 1.89 bits per heavy atom. The van der Waals surface area contributed by atoms with Crippen LogP contribution in [0.2, 0.25) is 5.02 Å². The van der Waals surface area contributed by atoms with Crippen molar-refractivity contribution >= 4 is 38.9 Å². The number of nitrogens with one attached hydrogen (secondary N) is 2. The second kappa shape index (κ2) is 9.60. The highest BCUT2D eigenvalue weighted by Crippen LogP contribution is 2.24. The van der Waals surface area contributed by atoms with Crippen LogP contribution in [0.25, 0.3) is 0 Å². The summed E-state index contributed by atoms with van der Waals surface area (Å²) in [7, 11) is -2.16. The van der Waals surface area contributed by atoms with E-state index in [1.54, 1.807) is 0 Å². The minimum atomic E-state index is -3.68. The zero-order valence-electron chi connectivity index (χ0n) is 14.8. The van der Waals surface area contributed by atoms with Gasteiger partial charge in [-0.05, 0) is 42.8 Å². The second-order valence-corrected chi connectivity index (χ2v) is 7.84. The van der Waals surface area contributed by atoms with Gasteiger partial charge in [0.15, 0.2) is 0 Å². The molecule has 0 heterocycles. The van der Waals surface area contributed by atoms with Crippen LogP contribution in [0.4, 0.5) is 11.4 Å². The predicted molar refractivity (Wildman–Crippen MR) is 104 cm³/mol. The standard InChI is InChI=1S/C17H18ClN3O6S/c1-27-10-2-9-19-28(25,26)14-6-4-13(5-7-14)20-17(22)15-8-3-12(18)11-16(15)21(23)24/h3-8,11,19H,2,9-10H2,1H3,(H,20,22). The van der Waals surface area contributed by atoms with Crippen molar-refractivity contribution in [2.45, 2.75) is 11.3 Å². The predicted octanol–water partition coefficient (Wildman–Crippen LogP) is 2.82. The molecule has 11 heteroatoms. The molecule has 0 saturated heterocycles. The van der Waals surface area contributed by atoms with E-state index in [0.717, 1.165) is 6.07 Å². The van der Waals surface area contributed by atoms with Gasteiger partial charge in [0.25, 0.3) is 11.6 Å². The number of hydrogen-bond acceptors (Lipinski definition) is 6. The number of nitrogens with zero attached hydrogens (tertiary/aromatic N) is 1. The normalized spacial score (nSPS) is 11.2. The van der Waals surface area contributed by atoms with Gasteiger partial charge in [-0.1, -0.05) is 11.6 Å². The first-order valence-corrected chi connectivity index (χ1v) is 9.94. The Labute approximate surface area is 166 Å². The van der Waals surface area contributed by atoms with Crippen LogP contribution >= 0.6 is 11.6 Å². The van der Waals surface area contributed by atoms with E-state index in [9.17, 15) is 23.3 Å². The van der Waals surface area contributed by atoms with Crippen LogP contribution in [0.1, 0.15) is 16.8 Å². The molecule has 150 valence electrons.